The minimum absolute atomic E-state index is 1.16. The van der Waals surface area contributed by atoms with Crippen molar-refractivity contribution in [3.05, 3.63) is 0 Å². The maximum Gasteiger partial charge on any atom is 0.325 e. The third-order valence-electron chi connectivity index (χ3n) is 5.20. The van der Waals surface area contributed by atoms with E-state index >= 15 is 0 Å². The van der Waals surface area contributed by atoms with E-state index in [2.05, 4.69) is 6.92 Å². The van der Waals surface area contributed by atoms with E-state index in [0.717, 1.165) is 0 Å². The Balaban J connectivity index is 0. The summed E-state index contributed by atoms with van der Waals surface area (Å²) in [6, 6.07) is 0. The van der Waals surface area contributed by atoms with Crippen LogP contribution in [0.2, 0.25) is 3.67 Å². The normalized spacial score (nSPS) is 12.1. The van der Waals surface area contributed by atoms with Crippen LogP contribution in [-0.2, 0) is 19.7 Å². The van der Waals surface area contributed by atoms with Gasteiger partial charge < -0.3 is 10.2 Å². The van der Waals surface area contributed by atoms with Crippen molar-refractivity contribution in [1.29, 1.82) is 0 Å². The molecule has 0 aromatic carbocycles. The number of rotatable bonds is 20. The Morgan fingerprint density at radius 1 is 0.710 bits per heavy atom. The zero-order valence-corrected chi connectivity index (χ0v) is 22.5. The van der Waals surface area contributed by atoms with Crippen molar-refractivity contribution in [3.8, 4) is 0 Å². The number of aliphatic carboxylic acids is 2. The molecule has 0 radical (unpaired) electrons. The molecule has 7 nitrogen and oxygen atoms in total. The first-order chi connectivity index (χ1) is 14.7. The van der Waals surface area contributed by atoms with Gasteiger partial charge in [-0.1, -0.05) is 39.0 Å². The Kier molecular flexibility index (Phi) is 24.5. The van der Waals surface area contributed by atoms with Crippen molar-refractivity contribution >= 4 is 50.0 Å². The van der Waals surface area contributed by atoms with Gasteiger partial charge in [-0.3, -0.25) is 14.1 Å². The minimum atomic E-state index is -4.84. The fourth-order valence-electron chi connectivity index (χ4n) is 3.28. The van der Waals surface area contributed by atoms with Crippen molar-refractivity contribution in [2.24, 2.45) is 0 Å². The van der Waals surface area contributed by atoms with Crippen LogP contribution in [0.4, 0.5) is 0 Å². The van der Waals surface area contributed by atoms with Crippen LogP contribution in [0.5, 0.6) is 0 Å². The molecule has 0 heterocycles. The Labute approximate surface area is 206 Å². The predicted octanol–water partition coefficient (Wildman–Crippen LogP) is 5.64. The first-order valence-electron chi connectivity index (χ1n) is 12.1. The molecule has 0 saturated carbocycles. The average molecular weight is 475 g/mol. The molecule has 0 aliphatic heterocycles. The van der Waals surface area contributed by atoms with Gasteiger partial charge in [0, 0.05) is 0 Å². The van der Waals surface area contributed by atoms with E-state index in [-0.39, 0.29) is 0 Å². The van der Waals surface area contributed by atoms with Crippen LogP contribution in [-0.4, -0.2) is 68.3 Å². The fraction of sp³-hybridized carbons (Fsp3) is 0.909. The quantitative estimate of drug-likeness (QED) is 0.118. The Hall–Kier alpha value is -0.150. The summed E-state index contributed by atoms with van der Waals surface area (Å²) < 4.78 is 30.2. The van der Waals surface area contributed by atoms with E-state index in [4.69, 9.17) is 14.8 Å². The number of carbonyl (C=O) groups is 2. The summed E-state index contributed by atoms with van der Waals surface area (Å²) in [7, 11) is -4.84. The van der Waals surface area contributed by atoms with Gasteiger partial charge in [-0.2, -0.15) is 8.42 Å². The molecular formula is C22H43NaO7S. The standard InChI is InChI=1S/C18H37.C4H6O7S.Na/c1-3-5-7-9-11-13-15-17-18-16-14-12-10-8-6-4-2;5-3(6)1-2(4(7)8)12(9,10)11;/h1,3-18H2,2H3;2H,1H2,(H,5,6)(H,7,8)(H,9,10,11);. The first kappa shape index (κ1) is 33.0. The molecule has 0 bridgehead atoms. The van der Waals surface area contributed by atoms with Gasteiger partial charge in [0.05, 0.1) is 6.42 Å². The van der Waals surface area contributed by atoms with Crippen molar-refractivity contribution in [3.63, 3.8) is 0 Å². The molecule has 9 heteroatoms. The summed E-state index contributed by atoms with van der Waals surface area (Å²) in [5.41, 5.74) is 0. The van der Waals surface area contributed by atoms with Crippen LogP contribution in [0.15, 0.2) is 0 Å². The molecule has 0 fully saturated rings. The second kappa shape index (κ2) is 23.0. The maximum atomic E-state index is 10.2. The minimum Gasteiger partial charge on any atom is -0.481 e. The molecular weight excluding hydrogens is 431 g/mol. The van der Waals surface area contributed by atoms with Crippen LogP contribution in [0.3, 0.4) is 0 Å². The van der Waals surface area contributed by atoms with Gasteiger partial charge in [0.15, 0.2) is 5.25 Å². The van der Waals surface area contributed by atoms with Crippen molar-refractivity contribution in [2.75, 3.05) is 0 Å². The molecule has 3 N–H and O–H groups in total. The summed E-state index contributed by atoms with van der Waals surface area (Å²) in [6.07, 6.45) is 22.6. The van der Waals surface area contributed by atoms with Gasteiger partial charge in [-0.05, 0) is 0 Å². The van der Waals surface area contributed by atoms with Crippen molar-refractivity contribution < 1.29 is 32.8 Å². The summed E-state index contributed by atoms with van der Waals surface area (Å²) in [5.74, 6) is -3.50. The van der Waals surface area contributed by atoms with E-state index < -0.39 is 33.7 Å². The molecule has 0 saturated heterocycles. The molecule has 0 rings (SSSR count). The van der Waals surface area contributed by atoms with E-state index in [1.165, 1.54) is 134 Å². The van der Waals surface area contributed by atoms with Crippen LogP contribution >= 0.6 is 0 Å². The molecule has 0 aliphatic rings. The average Bonchev–Trinajstić information content (AvgIpc) is 2.68. The van der Waals surface area contributed by atoms with Crippen LogP contribution in [0, 0.1) is 0 Å². The third kappa shape index (κ3) is 26.0. The molecule has 180 valence electrons. The monoisotopic (exact) mass is 474 g/mol. The molecule has 1 unspecified atom stereocenters. The van der Waals surface area contributed by atoms with Gasteiger partial charge in [0.25, 0.3) is 10.1 Å². The first-order valence-corrected chi connectivity index (χ1v) is 15.0. The maximum absolute atomic E-state index is 10.2. The van der Waals surface area contributed by atoms with Crippen molar-refractivity contribution in [1.82, 2.24) is 0 Å². The number of unbranched alkanes of at least 4 members (excludes halogenated alkanes) is 15. The van der Waals surface area contributed by atoms with E-state index in [1.807, 2.05) is 0 Å². The molecule has 0 amide bonds. The zero-order valence-electron chi connectivity index (χ0n) is 19.7. The largest absolute Gasteiger partial charge is 0.481 e. The number of hydrogen-bond donors (Lipinski definition) is 3. The predicted molar refractivity (Wildman–Crippen MR) is 125 cm³/mol. The second-order valence-corrected chi connectivity index (χ2v) is 10.8. The topological polar surface area (TPSA) is 129 Å². The van der Waals surface area contributed by atoms with Crippen LogP contribution < -0.4 is 0 Å². The smallest absolute Gasteiger partial charge is 0.325 e. The van der Waals surface area contributed by atoms with Crippen molar-refractivity contribution in [2.45, 2.75) is 125 Å². The van der Waals surface area contributed by atoms with E-state index in [1.54, 1.807) is 0 Å². The molecule has 0 aromatic heterocycles. The summed E-state index contributed by atoms with van der Waals surface area (Å²) in [5, 5.41) is 13.9. The van der Waals surface area contributed by atoms with Gasteiger partial charge in [-0.25, -0.2) is 0 Å². The summed E-state index contributed by atoms with van der Waals surface area (Å²) in [6.45, 7) is 2.30. The van der Waals surface area contributed by atoms with Crippen LogP contribution in [0.1, 0.15) is 116 Å². The van der Waals surface area contributed by atoms with Gasteiger partial charge >= 0.3 is 114 Å². The Morgan fingerprint density at radius 3 is 1.23 bits per heavy atom. The summed E-state index contributed by atoms with van der Waals surface area (Å²) in [4.78, 5) is 20.0. The number of carboxylic acids is 2. The fourth-order valence-corrected chi connectivity index (χ4v) is 4.38. The van der Waals surface area contributed by atoms with Gasteiger partial charge in [0.2, 0.25) is 0 Å². The third-order valence-corrected chi connectivity index (χ3v) is 7.00. The number of hydrogen-bond acceptors (Lipinski definition) is 4. The molecule has 0 aliphatic carbocycles. The van der Waals surface area contributed by atoms with Gasteiger partial charge in [0.1, 0.15) is 0 Å². The molecule has 0 aromatic rings. The van der Waals surface area contributed by atoms with Gasteiger partial charge in [-0.15, -0.1) is 0 Å². The zero-order chi connectivity index (χ0) is 24.0. The van der Waals surface area contributed by atoms with Crippen LogP contribution in [0.25, 0.3) is 0 Å². The summed E-state index contributed by atoms with van der Waals surface area (Å²) >= 11 is 1.41. The molecule has 1 atom stereocenters. The Morgan fingerprint density at radius 2 is 1.03 bits per heavy atom. The molecule has 31 heavy (non-hydrogen) atoms. The Bertz CT molecular complexity index is 522. The molecule has 0 spiro atoms. The number of carboxylic acid groups (broad SMARTS) is 2. The van der Waals surface area contributed by atoms with E-state index in [0.29, 0.717) is 0 Å². The SMILES string of the molecule is CCCCCCCCCCCCCCCCC[CH2][Na].O=C(O)CC(C(=O)O)S(=O)(=O)O. The van der Waals surface area contributed by atoms with E-state index in [9.17, 15) is 18.0 Å². The second-order valence-electron chi connectivity index (χ2n) is 8.24.